The standard InChI is InChI=1S/C12H10N2O4.Na/c1-6(2)10(15)14-9-5-7(11(16)17)3-4-8(9)13-12(14)18;/h3-5H,1H2,2H3,(H,13,18)(H,16,17);/q;+1/p-1. The van der Waals surface area contributed by atoms with Crippen LogP contribution in [0.25, 0.3) is 11.0 Å². The van der Waals surface area contributed by atoms with E-state index in [1.54, 1.807) is 0 Å². The maximum absolute atomic E-state index is 11.8. The van der Waals surface area contributed by atoms with Crippen LogP contribution in [0, 0.1) is 0 Å². The zero-order chi connectivity index (χ0) is 13.4. The number of H-pyrrole nitrogens is 1. The van der Waals surface area contributed by atoms with Gasteiger partial charge >= 0.3 is 35.2 Å². The molecule has 0 atom stereocenters. The molecule has 0 unspecified atom stereocenters. The van der Waals surface area contributed by atoms with Crippen LogP contribution in [0.15, 0.2) is 35.1 Å². The Hall–Kier alpha value is -1.63. The summed E-state index contributed by atoms with van der Waals surface area (Å²) in [7, 11) is 0. The van der Waals surface area contributed by atoms with Gasteiger partial charge < -0.3 is 14.9 Å². The van der Waals surface area contributed by atoms with E-state index in [0.29, 0.717) is 5.52 Å². The molecule has 2 aromatic rings. The Morgan fingerprint density at radius 1 is 1.37 bits per heavy atom. The number of carbonyl (C=O) groups is 2. The van der Waals surface area contributed by atoms with E-state index in [-0.39, 0.29) is 46.2 Å². The molecule has 0 aliphatic heterocycles. The van der Waals surface area contributed by atoms with Gasteiger partial charge in [0.2, 0.25) is 0 Å². The number of nitrogens with zero attached hydrogens (tertiary/aromatic N) is 1. The van der Waals surface area contributed by atoms with Gasteiger partial charge in [-0.25, -0.2) is 9.36 Å². The molecule has 0 aliphatic rings. The Morgan fingerprint density at radius 2 is 2.00 bits per heavy atom. The third-order valence-electron chi connectivity index (χ3n) is 2.49. The summed E-state index contributed by atoms with van der Waals surface area (Å²) in [5, 5.41) is 10.8. The molecule has 2 rings (SSSR count). The van der Waals surface area contributed by atoms with Crippen molar-refractivity contribution in [1.82, 2.24) is 9.55 Å². The number of carboxylic acids is 1. The molecule has 0 radical (unpaired) electrons. The molecule has 0 fully saturated rings. The van der Waals surface area contributed by atoms with Crippen LogP contribution in [-0.2, 0) is 0 Å². The molecule has 0 aliphatic carbocycles. The maximum atomic E-state index is 11.8. The molecule has 6 nitrogen and oxygen atoms in total. The molecular formula is C12H9N2NaO4. The second-order valence-corrected chi connectivity index (χ2v) is 3.87. The number of carboxylic acid groups (broad SMARTS) is 1. The number of rotatable bonds is 2. The maximum Gasteiger partial charge on any atom is 1.00 e. The fourth-order valence-corrected chi connectivity index (χ4v) is 1.62. The third kappa shape index (κ3) is 2.70. The number of nitrogens with one attached hydrogen (secondary N) is 1. The molecule has 0 amide bonds. The smallest absolute Gasteiger partial charge is 0.545 e. The van der Waals surface area contributed by atoms with Crippen molar-refractivity contribution in [2.45, 2.75) is 6.92 Å². The van der Waals surface area contributed by atoms with E-state index in [4.69, 9.17) is 0 Å². The van der Waals surface area contributed by atoms with Gasteiger partial charge in [-0.1, -0.05) is 12.6 Å². The van der Waals surface area contributed by atoms with Gasteiger partial charge in [0.1, 0.15) is 0 Å². The number of imidazole rings is 1. The normalized spacial score (nSPS) is 9.95. The average molecular weight is 268 g/mol. The minimum absolute atomic E-state index is 0. The summed E-state index contributed by atoms with van der Waals surface area (Å²) in [5.74, 6) is -1.96. The number of aromatic amines is 1. The summed E-state index contributed by atoms with van der Waals surface area (Å²) >= 11 is 0. The quantitative estimate of drug-likeness (QED) is 0.461. The molecule has 0 saturated heterocycles. The van der Waals surface area contributed by atoms with E-state index >= 15 is 0 Å². The van der Waals surface area contributed by atoms with Gasteiger partial charge in [-0.2, -0.15) is 0 Å². The summed E-state index contributed by atoms with van der Waals surface area (Å²) in [6.45, 7) is 4.93. The van der Waals surface area contributed by atoms with Crippen LogP contribution in [0.2, 0.25) is 0 Å². The van der Waals surface area contributed by atoms with Gasteiger partial charge in [0.05, 0.1) is 17.0 Å². The summed E-state index contributed by atoms with van der Waals surface area (Å²) in [6, 6.07) is 3.91. The van der Waals surface area contributed by atoms with Crippen LogP contribution in [0.4, 0.5) is 0 Å². The largest absolute Gasteiger partial charge is 1.00 e. The number of allylic oxidation sites excluding steroid dienone is 1. The van der Waals surface area contributed by atoms with Crippen molar-refractivity contribution in [2.75, 3.05) is 0 Å². The zero-order valence-electron chi connectivity index (χ0n) is 10.5. The van der Waals surface area contributed by atoms with Crippen LogP contribution in [0.1, 0.15) is 22.1 Å². The summed E-state index contributed by atoms with van der Waals surface area (Å²) in [4.78, 5) is 36.7. The van der Waals surface area contributed by atoms with Crippen molar-refractivity contribution in [1.29, 1.82) is 0 Å². The van der Waals surface area contributed by atoms with Gasteiger partial charge in [0.25, 0.3) is 5.91 Å². The minimum Gasteiger partial charge on any atom is -0.545 e. The van der Waals surface area contributed by atoms with Crippen LogP contribution in [0.5, 0.6) is 0 Å². The molecule has 19 heavy (non-hydrogen) atoms. The van der Waals surface area contributed by atoms with Gasteiger partial charge in [-0.15, -0.1) is 0 Å². The number of aromatic nitrogens is 2. The molecule has 92 valence electrons. The number of aromatic carboxylic acids is 1. The molecule has 1 heterocycles. The Bertz CT molecular complexity index is 742. The van der Waals surface area contributed by atoms with E-state index in [1.807, 2.05) is 0 Å². The zero-order valence-corrected chi connectivity index (χ0v) is 12.5. The van der Waals surface area contributed by atoms with Gasteiger partial charge in [0.15, 0.2) is 0 Å². The van der Waals surface area contributed by atoms with Crippen LogP contribution in [0.3, 0.4) is 0 Å². The predicted molar refractivity (Wildman–Crippen MR) is 62.3 cm³/mol. The first-order valence-corrected chi connectivity index (χ1v) is 5.08. The van der Waals surface area contributed by atoms with Crippen LogP contribution < -0.4 is 40.4 Å². The summed E-state index contributed by atoms with van der Waals surface area (Å²) < 4.78 is 0.851. The van der Waals surface area contributed by atoms with E-state index in [2.05, 4.69) is 11.6 Å². The topological polar surface area (TPSA) is 95.0 Å². The minimum atomic E-state index is -1.38. The molecule has 1 aromatic heterocycles. The van der Waals surface area contributed by atoms with Crippen molar-refractivity contribution in [2.24, 2.45) is 0 Å². The van der Waals surface area contributed by atoms with Gasteiger partial charge in [-0.3, -0.25) is 4.79 Å². The SMILES string of the molecule is C=C(C)C(=O)n1c(=O)[nH]c2ccc(C(=O)[O-])cc21.[Na+]. The first-order valence-electron chi connectivity index (χ1n) is 5.08. The second-order valence-electron chi connectivity index (χ2n) is 3.87. The molecule has 7 heteroatoms. The molecule has 0 bridgehead atoms. The fraction of sp³-hybridized carbons (Fsp3) is 0.0833. The first-order chi connectivity index (χ1) is 8.41. The molecule has 0 saturated carbocycles. The Balaban J connectivity index is 0.00000180. The van der Waals surface area contributed by atoms with Gasteiger partial charge in [0, 0.05) is 5.57 Å². The molecule has 1 N–H and O–H groups in total. The Morgan fingerprint density at radius 3 is 2.53 bits per heavy atom. The van der Waals surface area contributed by atoms with E-state index < -0.39 is 17.6 Å². The monoisotopic (exact) mass is 268 g/mol. The number of fused-ring (bicyclic) bond motifs is 1. The van der Waals surface area contributed by atoms with E-state index in [9.17, 15) is 19.5 Å². The fourth-order valence-electron chi connectivity index (χ4n) is 1.62. The number of carbonyl (C=O) groups excluding carboxylic acids is 2. The number of hydrogen-bond acceptors (Lipinski definition) is 4. The van der Waals surface area contributed by atoms with Crippen molar-refractivity contribution in [3.63, 3.8) is 0 Å². The third-order valence-corrected chi connectivity index (χ3v) is 2.49. The molecular weight excluding hydrogens is 259 g/mol. The second kappa shape index (κ2) is 5.56. The summed E-state index contributed by atoms with van der Waals surface area (Å²) in [6.07, 6.45) is 0. The first kappa shape index (κ1) is 15.4. The van der Waals surface area contributed by atoms with Crippen molar-refractivity contribution in [3.05, 3.63) is 46.4 Å². The number of benzene rings is 1. The molecule has 0 spiro atoms. The van der Waals surface area contributed by atoms with E-state index in [0.717, 1.165) is 4.57 Å². The van der Waals surface area contributed by atoms with Crippen LogP contribution >= 0.6 is 0 Å². The predicted octanol–water partition coefficient (Wildman–Crippen LogP) is -3.09. The van der Waals surface area contributed by atoms with Gasteiger partial charge in [-0.05, 0) is 24.6 Å². The average Bonchev–Trinajstić information content (AvgIpc) is 2.62. The van der Waals surface area contributed by atoms with E-state index in [1.165, 1.54) is 25.1 Å². The Labute approximate surface area is 130 Å². The molecule has 1 aromatic carbocycles. The Kier molecular flexibility index (Phi) is 4.52. The van der Waals surface area contributed by atoms with Crippen molar-refractivity contribution < 1.29 is 44.3 Å². The van der Waals surface area contributed by atoms with Crippen LogP contribution in [-0.4, -0.2) is 21.4 Å². The number of hydrogen-bond donors (Lipinski definition) is 1. The van der Waals surface area contributed by atoms with Crippen molar-refractivity contribution >= 4 is 22.9 Å². The van der Waals surface area contributed by atoms with Crippen molar-refractivity contribution in [3.8, 4) is 0 Å². The summed E-state index contributed by atoms with van der Waals surface area (Å²) in [5.41, 5.74) is 0.00409.